The first-order valence-electron chi connectivity index (χ1n) is 7.74. The number of halogens is 1. The number of nitrogens with one attached hydrogen (secondary N) is 1. The zero-order valence-corrected chi connectivity index (χ0v) is 12.5. The van der Waals surface area contributed by atoms with Gasteiger partial charge in [-0.05, 0) is 61.6 Å². The molecule has 1 aromatic rings. The van der Waals surface area contributed by atoms with Crippen molar-refractivity contribution in [3.8, 4) is 0 Å². The molecular formula is C17H24ClN. The van der Waals surface area contributed by atoms with Crippen LogP contribution in [-0.4, -0.2) is 12.6 Å². The van der Waals surface area contributed by atoms with Crippen molar-refractivity contribution in [2.45, 2.75) is 45.1 Å². The summed E-state index contributed by atoms with van der Waals surface area (Å²) in [6.45, 7) is 3.27. The van der Waals surface area contributed by atoms with E-state index in [1.165, 1.54) is 31.2 Å². The predicted octanol–water partition coefficient (Wildman–Crippen LogP) is 4.30. The second kappa shape index (κ2) is 5.85. The lowest BCUT2D eigenvalue weighted by Gasteiger charge is -2.31. The lowest BCUT2D eigenvalue weighted by molar-refractivity contribution is 0.249. The van der Waals surface area contributed by atoms with Crippen molar-refractivity contribution >= 4 is 11.6 Å². The first-order valence-corrected chi connectivity index (χ1v) is 8.12. The number of hydrogen-bond acceptors (Lipinski definition) is 1. The minimum Gasteiger partial charge on any atom is -0.314 e. The van der Waals surface area contributed by atoms with Crippen molar-refractivity contribution in [1.82, 2.24) is 5.32 Å². The predicted molar refractivity (Wildman–Crippen MR) is 81.6 cm³/mol. The molecule has 0 radical (unpaired) electrons. The van der Waals surface area contributed by atoms with Gasteiger partial charge in [0.2, 0.25) is 0 Å². The molecule has 104 valence electrons. The zero-order chi connectivity index (χ0) is 13.2. The smallest absolute Gasteiger partial charge is 0.0438 e. The van der Waals surface area contributed by atoms with Crippen molar-refractivity contribution < 1.29 is 0 Å². The summed E-state index contributed by atoms with van der Waals surface area (Å²) in [5.74, 6) is 2.86. The van der Waals surface area contributed by atoms with E-state index in [1.807, 2.05) is 12.1 Å². The lowest BCUT2D eigenvalue weighted by Crippen LogP contribution is -2.40. The van der Waals surface area contributed by atoms with Crippen LogP contribution in [0.15, 0.2) is 24.3 Å². The van der Waals surface area contributed by atoms with Crippen LogP contribution in [0.25, 0.3) is 0 Å². The van der Waals surface area contributed by atoms with E-state index in [9.17, 15) is 0 Å². The monoisotopic (exact) mass is 277 g/mol. The van der Waals surface area contributed by atoms with Gasteiger partial charge in [-0.1, -0.05) is 43.1 Å². The highest BCUT2D eigenvalue weighted by molar-refractivity contribution is 6.31. The summed E-state index contributed by atoms with van der Waals surface area (Å²) < 4.78 is 0. The van der Waals surface area contributed by atoms with Gasteiger partial charge >= 0.3 is 0 Å². The fourth-order valence-corrected chi connectivity index (χ4v) is 4.54. The Kier molecular flexibility index (Phi) is 4.14. The molecule has 0 aliphatic heterocycles. The summed E-state index contributed by atoms with van der Waals surface area (Å²) >= 11 is 6.33. The van der Waals surface area contributed by atoms with Gasteiger partial charge in [-0.25, -0.2) is 0 Å². The molecule has 1 N–H and O–H groups in total. The molecule has 0 heterocycles. The highest BCUT2D eigenvalue weighted by atomic mass is 35.5. The van der Waals surface area contributed by atoms with Gasteiger partial charge in [0.25, 0.3) is 0 Å². The molecule has 1 nitrogen and oxygen atoms in total. The molecule has 0 amide bonds. The molecule has 4 atom stereocenters. The average Bonchev–Trinajstić information content (AvgIpc) is 3.03. The van der Waals surface area contributed by atoms with Gasteiger partial charge in [-0.2, -0.15) is 0 Å². The third-order valence-corrected chi connectivity index (χ3v) is 5.54. The van der Waals surface area contributed by atoms with Crippen molar-refractivity contribution in [3.63, 3.8) is 0 Å². The van der Waals surface area contributed by atoms with Crippen LogP contribution < -0.4 is 5.32 Å². The molecule has 4 unspecified atom stereocenters. The van der Waals surface area contributed by atoms with Gasteiger partial charge < -0.3 is 5.32 Å². The first-order chi connectivity index (χ1) is 9.28. The van der Waals surface area contributed by atoms with Crippen LogP contribution in [-0.2, 0) is 6.42 Å². The van der Waals surface area contributed by atoms with E-state index in [0.29, 0.717) is 6.04 Å². The summed E-state index contributed by atoms with van der Waals surface area (Å²) in [6, 6.07) is 8.93. The normalized spacial score (nSPS) is 30.7. The van der Waals surface area contributed by atoms with Crippen LogP contribution in [0.5, 0.6) is 0 Å². The Morgan fingerprint density at radius 2 is 2.11 bits per heavy atom. The maximum atomic E-state index is 6.33. The van der Waals surface area contributed by atoms with E-state index < -0.39 is 0 Å². The Bertz CT molecular complexity index is 431. The van der Waals surface area contributed by atoms with Crippen molar-refractivity contribution in [2.24, 2.45) is 17.8 Å². The molecule has 0 saturated heterocycles. The molecule has 2 aliphatic rings. The molecule has 2 heteroatoms. The minimum atomic E-state index is 0.611. The molecule has 0 spiro atoms. The van der Waals surface area contributed by atoms with Crippen molar-refractivity contribution in [2.75, 3.05) is 6.54 Å². The Balaban J connectivity index is 1.73. The molecule has 2 bridgehead atoms. The highest BCUT2D eigenvalue weighted by Gasteiger charge is 2.42. The van der Waals surface area contributed by atoms with E-state index >= 15 is 0 Å². The summed E-state index contributed by atoms with van der Waals surface area (Å²) in [5.41, 5.74) is 1.30. The van der Waals surface area contributed by atoms with Gasteiger partial charge in [0, 0.05) is 11.1 Å². The van der Waals surface area contributed by atoms with Gasteiger partial charge in [-0.15, -0.1) is 0 Å². The minimum absolute atomic E-state index is 0.611. The molecule has 0 aromatic heterocycles. The number of rotatable bonds is 5. The number of hydrogen-bond donors (Lipinski definition) is 1. The van der Waals surface area contributed by atoms with Crippen molar-refractivity contribution in [3.05, 3.63) is 34.9 Å². The summed E-state index contributed by atoms with van der Waals surface area (Å²) in [6.07, 6.45) is 6.94. The van der Waals surface area contributed by atoms with E-state index in [0.717, 1.165) is 35.7 Å². The van der Waals surface area contributed by atoms with Crippen molar-refractivity contribution in [1.29, 1.82) is 0 Å². The standard InChI is InChI=1S/C17H24ClN/c1-2-19-17(11-14-5-3-4-6-16(14)18)15-10-12-7-8-13(15)9-12/h3-6,12-13,15,17,19H,2,7-11H2,1H3. The first kappa shape index (κ1) is 13.5. The maximum absolute atomic E-state index is 6.33. The maximum Gasteiger partial charge on any atom is 0.0438 e. The van der Waals surface area contributed by atoms with Crippen LogP contribution in [0, 0.1) is 17.8 Å². The third kappa shape index (κ3) is 2.83. The van der Waals surface area contributed by atoms with Crippen LogP contribution in [0.1, 0.15) is 38.2 Å². The molecule has 1 aromatic carbocycles. The quantitative estimate of drug-likeness (QED) is 0.846. The molecule has 2 fully saturated rings. The SMILES string of the molecule is CCNC(Cc1ccccc1Cl)C1CC2CCC1C2. The second-order valence-corrected chi connectivity index (χ2v) is 6.71. The third-order valence-electron chi connectivity index (χ3n) is 5.17. The topological polar surface area (TPSA) is 12.0 Å². The van der Waals surface area contributed by atoms with Gasteiger partial charge in [0.1, 0.15) is 0 Å². The summed E-state index contributed by atoms with van der Waals surface area (Å²) in [7, 11) is 0. The Morgan fingerprint density at radius 3 is 2.74 bits per heavy atom. The molecule has 2 aliphatic carbocycles. The van der Waals surface area contributed by atoms with E-state index in [-0.39, 0.29) is 0 Å². The van der Waals surface area contributed by atoms with E-state index in [4.69, 9.17) is 11.6 Å². The molecular weight excluding hydrogens is 254 g/mol. The molecule has 19 heavy (non-hydrogen) atoms. The van der Waals surface area contributed by atoms with Gasteiger partial charge in [0.05, 0.1) is 0 Å². The number of fused-ring (bicyclic) bond motifs is 2. The fourth-order valence-electron chi connectivity index (χ4n) is 4.32. The van der Waals surface area contributed by atoms with Crippen LogP contribution >= 0.6 is 11.6 Å². The summed E-state index contributed by atoms with van der Waals surface area (Å²) in [4.78, 5) is 0. The van der Waals surface area contributed by atoms with Gasteiger partial charge in [-0.3, -0.25) is 0 Å². The zero-order valence-electron chi connectivity index (χ0n) is 11.7. The largest absolute Gasteiger partial charge is 0.314 e. The fraction of sp³-hybridized carbons (Fsp3) is 0.647. The molecule has 3 rings (SSSR count). The Labute approximate surface area is 121 Å². The van der Waals surface area contributed by atoms with Crippen LogP contribution in [0.2, 0.25) is 5.02 Å². The molecule has 2 saturated carbocycles. The lowest BCUT2D eigenvalue weighted by atomic mass is 9.81. The van der Waals surface area contributed by atoms with Crippen LogP contribution in [0.3, 0.4) is 0 Å². The van der Waals surface area contributed by atoms with E-state index in [2.05, 4.69) is 24.4 Å². The Morgan fingerprint density at radius 1 is 1.26 bits per heavy atom. The number of benzene rings is 1. The second-order valence-electron chi connectivity index (χ2n) is 6.30. The van der Waals surface area contributed by atoms with Gasteiger partial charge in [0.15, 0.2) is 0 Å². The Hall–Kier alpha value is -0.530. The van der Waals surface area contributed by atoms with E-state index in [1.54, 1.807) is 0 Å². The highest BCUT2D eigenvalue weighted by Crippen LogP contribution is 2.50. The summed E-state index contributed by atoms with van der Waals surface area (Å²) in [5, 5.41) is 4.65. The van der Waals surface area contributed by atoms with Crippen LogP contribution in [0.4, 0.5) is 0 Å². The number of likely N-dealkylation sites (N-methyl/N-ethyl adjacent to an activating group) is 1. The average molecular weight is 278 g/mol.